The zero-order valence-electron chi connectivity index (χ0n) is 16.1. The summed E-state index contributed by atoms with van der Waals surface area (Å²) >= 11 is 1.52. The van der Waals surface area contributed by atoms with Crippen molar-refractivity contribution in [3.63, 3.8) is 0 Å². The number of hydrogen-bond donors (Lipinski definition) is 1. The molecule has 0 aliphatic heterocycles. The molecule has 2 aromatic rings. The van der Waals surface area contributed by atoms with Crippen LogP contribution in [-0.2, 0) is 24.2 Å². The van der Waals surface area contributed by atoms with Crippen LogP contribution in [-0.4, -0.2) is 20.6 Å². The minimum atomic E-state index is -0.425. The largest absolute Gasteiger partial charge is 0.317 e. The molecule has 1 aliphatic rings. The summed E-state index contributed by atoms with van der Waals surface area (Å²) in [5.74, 6) is -0.149. The van der Waals surface area contributed by atoms with Crippen LogP contribution in [0.25, 0.3) is 0 Å². The average molecular weight is 401 g/mol. The van der Waals surface area contributed by atoms with Crippen molar-refractivity contribution in [2.75, 3.05) is 5.32 Å². The lowest BCUT2D eigenvalue weighted by Crippen LogP contribution is -2.13. The smallest absolute Gasteiger partial charge is 0.312 e. The second-order valence-corrected chi connectivity index (χ2v) is 8.14. The highest BCUT2D eigenvalue weighted by atomic mass is 32.1. The molecule has 0 fully saturated rings. The minimum Gasteiger partial charge on any atom is -0.317 e. The number of fused-ring (bicyclic) bond motifs is 1. The number of carbonyl (C=O) groups excluding carboxylic acids is 1. The lowest BCUT2D eigenvalue weighted by atomic mass is 10.1. The van der Waals surface area contributed by atoms with Crippen molar-refractivity contribution in [1.82, 2.24) is 9.78 Å². The molecule has 8 nitrogen and oxygen atoms in total. The van der Waals surface area contributed by atoms with E-state index in [1.807, 2.05) is 0 Å². The molecule has 3 rings (SSSR count). The first kappa shape index (κ1) is 20.0. The Morgan fingerprint density at radius 1 is 1.36 bits per heavy atom. The van der Waals surface area contributed by atoms with Gasteiger partial charge in [0.25, 0.3) is 0 Å². The summed E-state index contributed by atoms with van der Waals surface area (Å²) in [5.41, 5.74) is 2.63. The number of nitrogens with zero attached hydrogens (tertiary/aromatic N) is 4. The van der Waals surface area contributed by atoms with Gasteiger partial charge in [-0.25, -0.2) is 0 Å². The topological polar surface area (TPSA) is 114 Å². The van der Waals surface area contributed by atoms with E-state index in [1.165, 1.54) is 22.6 Å². The number of nitro groups is 1. The first-order valence-electron chi connectivity index (χ1n) is 9.45. The molecule has 1 aliphatic carbocycles. The van der Waals surface area contributed by atoms with Gasteiger partial charge in [-0.15, -0.1) is 11.3 Å². The quantitative estimate of drug-likeness (QED) is 0.446. The molecule has 0 bridgehead atoms. The Morgan fingerprint density at radius 3 is 2.79 bits per heavy atom. The number of rotatable bonds is 6. The van der Waals surface area contributed by atoms with Gasteiger partial charge in [-0.3, -0.25) is 19.6 Å². The van der Waals surface area contributed by atoms with Gasteiger partial charge in [-0.05, 0) is 51.5 Å². The monoisotopic (exact) mass is 401 g/mol. The Hall–Kier alpha value is -2.73. The summed E-state index contributed by atoms with van der Waals surface area (Å²) < 4.78 is 1.58. The molecule has 2 aromatic heterocycles. The van der Waals surface area contributed by atoms with Crippen LogP contribution in [0.2, 0.25) is 0 Å². The third-order valence-electron chi connectivity index (χ3n) is 5.09. The molecule has 0 radical (unpaired) electrons. The molecular formula is C19H23N5O3S. The van der Waals surface area contributed by atoms with Crippen molar-refractivity contribution in [1.29, 1.82) is 5.26 Å². The number of nitrogens with one attached hydrogen (secondary N) is 1. The molecule has 0 spiro atoms. The zero-order valence-corrected chi connectivity index (χ0v) is 16.9. The lowest BCUT2D eigenvalue weighted by Gasteiger charge is -2.05. The molecule has 0 unspecified atom stereocenters. The van der Waals surface area contributed by atoms with Crippen molar-refractivity contribution in [2.45, 2.75) is 65.3 Å². The number of carbonyl (C=O) groups is 1. The number of aromatic nitrogens is 2. The van der Waals surface area contributed by atoms with Crippen molar-refractivity contribution in [3.05, 3.63) is 37.5 Å². The van der Waals surface area contributed by atoms with Gasteiger partial charge in [0.1, 0.15) is 22.5 Å². The summed E-state index contributed by atoms with van der Waals surface area (Å²) in [4.78, 5) is 24.2. The summed E-state index contributed by atoms with van der Waals surface area (Å²) in [6, 6.07) is 2.26. The molecule has 9 heteroatoms. The highest BCUT2D eigenvalue weighted by Crippen LogP contribution is 2.37. The Balaban J connectivity index is 1.61. The van der Waals surface area contributed by atoms with E-state index < -0.39 is 4.92 Å². The van der Waals surface area contributed by atoms with E-state index in [1.54, 1.807) is 18.5 Å². The number of hydrogen-bond acceptors (Lipinski definition) is 6. The number of aryl methyl sites for hydroxylation is 3. The van der Waals surface area contributed by atoms with Crippen molar-refractivity contribution in [3.8, 4) is 6.07 Å². The van der Waals surface area contributed by atoms with Gasteiger partial charge in [0, 0.05) is 17.8 Å². The third-order valence-corrected chi connectivity index (χ3v) is 6.29. The van der Waals surface area contributed by atoms with Crippen LogP contribution in [0.1, 0.15) is 59.5 Å². The maximum Gasteiger partial charge on any atom is 0.312 e. The highest BCUT2D eigenvalue weighted by molar-refractivity contribution is 7.16. The molecule has 28 heavy (non-hydrogen) atoms. The van der Waals surface area contributed by atoms with E-state index in [0.29, 0.717) is 34.9 Å². The first-order valence-corrected chi connectivity index (χ1v) is 10.3. The molecule has 1 amide bonds. The second-order valence-electron chi connectivity index (χ2n) is 7.03. The van der Waals surface area contributed by atoms with Gasteiger partial charge >= 0.3 is 5.69 Å². The van der Waals surface area contributed by atoms with Crippen molar-refractivity contribution < 1.29 is 9.72 Å². The third kappa shape index (κ3) is 4.07. The zero-order chi connectivity index (χ0) is 20.3. The van der Waals surface area contributed by atoms with E-state index in [9.17, 15) is 20.2 Å². The van der Waals surface area contributed by atoms with Crippen LogP contribution in [0, 0.1) is 35.3 Å². The molecular weight excluding hydrogens is 378 g/mol. The van der Waals surface area contributed by atoms with E-state index >= 15 is 0 Å². The lowest BCUT2D eigenvalue weighted by molar-refractivity contribution is -0.386. The summed E-state index contributed by atoms with van der Waals surface area (Å²) in [6.45, 7) is 3.70. The Morgan fingerprint density at radius 2 is 2.11 bits per heavy atom. The van der Waals surface area contributed by atoms with Crippen LogP contribution in [0.5, 0.6) is 0 Å². The highest BCUT2D eigenvalue weighted by Gasteiger charge is 2.22. The molecule has 1 N–H and O–H groups in total. The first-order chi connectivity index (χ1) is 13.4. The number of anilines is 1. The summed E-state index contributed by atoms with van der Waals surface area (Å²) in [7, 11) is 0. The summed E-state index contributed by atoms with van der Waals surface area (Å²) in [5, 5.41) is 28.3. The number of thiophene rings is 1. The predicted molar refractivity (Wildman–Crippen MR) is 107 cm³/mol. The van der Waals surface area contributed by atoms with E-state index in [-0.39, 0.29) is 18.0 Å². The Kier molecular flexibility index (Phi) is 6.09. The number of nitriles is 1. The fourth-order valence-electron chi connectivity index (χ4n) is 3.70. The fraction of sp³-hybridized carbons (Fsp3) is 0.526. The van der Waals surface area contributed by atoms with Crippen molar-refractivity contribution >= 4 is 27.9 Å². The van der Waals surface area contributed by atoms with E-state index in [2.05, 4.69) is 16.5 Å². The van der Waals surface area contributed by atoms with Gasteiger partial charge in [-0.1, -0.05) is 6.42 Å². The average Bonchev–Trinajstić information content (AvgIpc) is 2.99. The van der Waals surface area contributed by atoms with Gasteiger partial charge in [0.15, 0.2) is 0 Å². The van der Waals surface area contributed by atoms with Crippen molar-refractivity contribution in [2.24, 2.45) is 0 Å². The van der Waals surface area contributed by atoms with Crippen LogP contribution in [0.15, 0.2) is 0 Å². The normalized spacial score (nSPS) is 13.5. The van der Waals surface area contributed by atoms with Crippen LogP contribution in [0.4, 0.5) is 10.7 Å². The van der Waals surface area contributed by atoms with Crippen LogP contribution < -0.4 is 5.32 Å². The summed E-state index contributed by atoms with van der Waals surface area (Å²) in [6.07, 6.45) is 6.04. The SMILES string of the molecule is Cc1nn(CCCC(=O)Nc2sc3c(c2C#N)CCCCC3)c(C)c1[N+](=O)[O-]. The standard InChI is InChI=1S/C19H23N5O3S/c1-12-18(24(26)27)13(2)23(22-12)10-6-9-17(25)21-19-15(11-20)14-7-4-3-5-8-16(14)28-19/h3-10H2,1-2H3,(H,21,25). The Bertz CT molecular complexity index is 954. The molecule has 0 saturated heterocycles. The van der Waals surface area contributed by atoms with Crippen LogP contribution in [0.3, 0.4) is 0 Å². The maximum absolute atomic E-state index is 12.4. The van der Waals surface area contributed by atoms with Gasteiger partial charge in [0.2, 0.25) is 5.91 Å². The van der Waals surface area contributed by atoms with Gasteiger partial charge in [0.05, 0.1) is 10.5 Å². The van der Waals surface area contributed by atoms with Gasteiger partial charge in [-0.2, -0.15) is 10.4 Å². The maximum atomic E-state index is 12.4. The van der Waals surface area contributed by atoms with E-state index in [0.717, 1.165) is 31.2 Å². The molecule has 2 heterocycles. The number of amides is 1. The van der Waals surface area contributed by atoms with E-state index in [4.69, 9.17) is 0 Å². The molecule has 148 valence electrons. The van der Waals surface area contributed by atoms with Crippen LogP contribution >= 0.6 is 11.3 Å². The van der Waals surface area contributed by atoms with Gasteiger partial charge < -0.3 is 5.32 Å². The minimum absolute atomic E-state index is 0.0307. The Labute approximate surface area is 167 Å². The predicted octanol–water partition coefficient (Wildman–Crippen LogP) is 4.03. The fourth-order valence-corrected chi connectivity index (χ4v) is 4.95. The second kappa shape index (κ2) is 8.52. The molecule has 0 atom stereocenters. The molecule has 0 aromatic carbocycles. The molecule has 0 saturated carbocycles.